The van der Waals surface area contributed by atoms with Gasteiger partial charge in [0.05, 0.1) is 13.0 Å². The van der Waals surface area contributed by atoms with Crippen LogP contribution in [0.4, 0.5) is 0 Å². The molecule has 1 N–H and O–H groups in total. The first-order valence-electron chi connectivity index (χ1n) is 7.14. The first-order chi connectivity index (χ1) is 10.3. The molecule has 5 nitrogen and oxygen atoms in total. The standard InChI is InChI=1S/C16H16N4O/c21-16(20-8-7-19-6-5-17-15(19)11-20)9-12-10-18-14-4-2-1-3-13(12)14/h1-6,10,18H,7-9,11H2. The average Bonchev–Trinajstić information content (AvgIpc) is 3.13. The zero-order valence-electron chi connectivity index (χ0n) is 11.6. The van der Waals surface area contributed by atoms with Gasteiger partial charge in [0.2, 0.25) is 5.91 Å². The van der Waals surface area contributed by atoms with Gasteiger partial charge in [0.1, 0.15) is 5.82 Å². The van der Waals surface area contributed by atoms with E-state index in [0.29, 0.717) is 13.0 Å². The van der Waals surface area contributed by atoms with Gasteiger partial charge in [0.25, 0.3) is 0 Å². The Balaban J connectivity index is 1.54. The van der Waals surface area contributed by atoms with E-state index in [4.69, 9.17) is 0 Å². The number of benzene rings is 1. The van der Waals surface area contributed by atoms with E-state index in [2.05, 4.69) is 20.6 Å². The zero-order valence-corrected chi connectivity index (χ0v) is 11.6. The molecule has 0 fully saturated rings. The lowest BCUT2D eigenvalue weighted by Gasteiger charge is -2.27. The van der Waals surface area contributed by atoms with E-state index in [1.165, 1.54) is 0 Å². The largest absolute Gasteiger partial charge is 0.361 e. The molecule has 0 radical (unpaired) electrons. The molecule has 3 aromatic rings. The number of hydrogen-bond acceptors (Lipinski definition) is 2. The van der Waals surface area contributed by atoms with Crippen molar-refractivity contribution in [3.8, 4) is 0 Å². The van der Waals surface area contributed by atoms with Crippen LogP contribution in [0.15, 0.2) is 42.9 Å². The third-order valence-electron chi connectivity index (χ3n) is 4.11. The van der Waals surface area contributed by atoms with Crippen molar-refractivity contribution >= 4 is 16.8 Å². The molecule has 0 aliphatic carbocycles. The van der Waals surface area contributed by atoms with E-state index in [1.54, 1.807) is 6.20 Å². The van der Waals surface area contributed by atoms with Crippen LogP contribution in [0.1, 0.15) is 11.4 Å². The first-order valence-corrected chi connectivity index (χ1v) is 7.14. The number of aromatic amines is 1. The highest BCUT2D eigenvalue weighted by Crippen LogP contribution is 2.19. The van der Waals surface area contributed by atoms with Crippen LogP contribution >= 0.6 is 0 Å². The Labute approximate surface area is 122 Å². The minimum absolute atomic E-state index is 0.161. The molecule has 0 saturated heterocycles. The zero-order chi connectivity index (χ0) is 14.2. The predicted octanol–water partition coefficient (Wildman–Crippen LogP) is 1.95. The third kappa shape index (κ3) is 2.11. The molecule has 0 saturated carbocycles. The van der Waals surface area contributed by atoms with Crippen LogP contribution < -0.4 is 0 Å². The molecule has 4 rings (SSSR count). The lowest BCUT2D eigenvalue weighted by molar-refractivity contribution is -0.131. The maximum absolute atomic E-state index is 12.5. The summed E-state index contributed by atoms with van der Waals surface area (Å²) in [5, 5.41) is 1.13. The number of nitrogens with one attached hydrogen (secondary N) is 1. The molecule has 0 bridgehead atoms. The normalized spacial score (nSPS) is 14.4. The van der Waals surface area contributed by atoms with E-state index in [0.717, 1.165) is 35.4 Å². The molecule has 2 aromatic heterocycles. The van der Waals surface area contributed by atoms with Crippen LogP contribution in [0.3, 0.4) is 0 Å². The number of fused-ring (bicyclic) bond motifs is 2. The van der Waals surface area contributed by atoms with E-state index in [9.17, 15) is 4.79 Å². The molecule has 0 unspecified atom stereocenters. The fraction of sp³-hybridized carbons (Fsp3) is 0.250. The topological polar surface area (TPSA) is 53.9 Å². The van der Waals surface area contributed by atoms with Crippen molar-refractivity contribution in [2.24, 2.45) is 0 Å². The van der Waals surface area contributed by atoms with Crippen LogP contribution in [0.25, 0.3) is 10.9 Å². The molecular formula is C16H16N4O. The van der Waals surface area contributed by atoms with Crippen LogP contribution in [-0.2, 0) is 24.3 Å². The van der Waals surface area contributed by atoms with Crippen molar-refractivity contribution in [3.63, 3.8) is 0 Å². The minimum Gasteiger partial charge on any atom is -0.361 e. The summed E-state index contributed by atoms with van der Waals surface area (Å²) in [5.41, 5.74) is 2.14. The summed E-state index contributed by atoms with van der Waals surface area (Å²) in [6.45, 7) is 2.19. The molecule has 1 aliphatic heterocycles. The summed E-state index contributed by atoms with van der Waals surface area (Å²) in [6.07, 6.45) is 6.14. The summed E-state index contributed by atoms with van der Waals surface area (Å²) >= 11 is 0. The number of carbonyl (C=O) groups is 1. The average molecular weight is 280 g/mol. The second-order valence-electron chi connectivity index (χ2n) is 5.39. The number of hydrogen-bond donors (Lipinski definition) is 1. The van der Waals surface area contributed by atoms with Gasteiger partial charge >= 0.3 is 0 Å². The van der Waals surface area contributed by atoms with Gasteiger partial charge in [0, 0.05) is 42.6 Å². The van der Waals surface area contributed by atoms with Gasteiger partial charge < -0.3 is 14.5 Å². The molecule has 5 heteroatoms. The predicted molar refractivity (Wildman–Crippen MR) is 79.6 cm³/mol. The second kappa shape index (κ2) is 4.77. The van der Waals surface area contributed by atoms with Crippen molar-refractivity contribution in [3.05, 3.63) is 54.2 Å². The van der Waals surface area contributed by atoms with Crippen molar-refractivity contribution in [1.82, 2.24) is 19.4 Å². The van der Waals surface area contributed by atoms with Gasteiger partial charge in [-0.15, -0.1) is 0 Å². The van der Waals surface area contributed by atoms with Gasteiger partial charge in [-0.1, -0.05) is 18.2 Å². The highest BCUT2D eigenvalue weighted by Gasteiger charge is 2.21. The van der Waals surface area contributed by atoms with Crippen LogP contribution in [0, 0.1) is 0 Å². The molecule has 21 heavy (non-hydrogen) atoms. The quantitative estimate of drug-likeness (QED) is 0.780. The molecule has 1 amide bonds. The summed E-state index contributed by atoms with van der Waals surface area (Å²) in [7, 11) is 0. The van der Waals surface area contributed by atoms with Crippen molar-refractivity contribution < 1.29 is 4.79 Å². The minimum atomic E-state index is 0.161. The molecule has 0 spiro atoms. The van der Waals surface area contributed by atoms with Gasteiger partial charge in [-0.25, -0.2) is 4.98 Å². The van der Waals surface area contributed by atoms with Crippen LogP contribution in [0.5, 0.6) is 0 Å². The van der Waals surface area contributed by atoms with Gasteiger partial charge in [-0.2, -0.15) is 0 Å². The lowest BCUT2D eigenvalue weighted by atomic mass is 10.1. The Bertz CT molecular complexity index is 801. The number of imidazole rings is 1. The van der Waals surface area contributed by atoms with Crippen LogP contribution in [-0.4, -0.2) is 31.9 Å². The summed E-state index contributed by atoms with van der Waals surface area (Å²) in [4.78, 5) is 21.9. The van der Waals surface area contributed by atoms with Gasteiger partial charge in [-0.3, -0.25) is 4.79 Å². The number of rotatable bonds is 2. The fourth-order valence-electron chi connectivity index (χ4n) is 2.94. The fourth-order valence-corrected chi connectivity index (χ4v) is 2.94. The van der Waals surface area contributed by atoms with E-state index in [1.807, 2.05) is 35.5 Å². The highest BCUT2D eigenvalue weighted by atomic mass is 16.2. The number of aromatic nitrogens is 3. The first kappa shape index (κ1) is 12.2. The Morgan fingerprint density at radius 1 is 1.29 bits per heavy atom. The monoisotopic (exact) mass is 280 g/mol. The number of amides is 1. The lowest BCUT2D eigenvalue weighted by Crippen LogP contribution is -2.39. The third-order valence-corrected chi connectivity index (χ3v) is 4.11. The molecule has 106 valence electrons. The molecule has 1 aliphatic rings. The van der Waals surface area contributed by atoms with E-state index < -0.39 is 0 Å². The Morgan fingerprint density at radius 2 is 2.19 bits per heavy atom. The number of para-hydroxylation sites is 1. The summed E-state index contributed by atoms with van der Waals surface area (Å²) in [6, 6.07) is 8.08. The Morgan fingerprint density at radius 3 is 3.14 bits per heavy atom. The highest BCUT2D eigenvalue weighted by molar-refractivity contribution is 5.88. The van der Waals surface area contributed by atoms with Crippen molar-refractivity contribution in [2.45, 2.75) is 19.5 Å². The van der Waals surface area contributed by atoms with Crippen molar-refractivity contribution in [2.75, 3.05) is 6.54 Å². The Hall–Kier alpha value is -2.56. The van der Waals surface area contributed by atoms with Crippen molar-refractivity contribution in [1.29, 1.82) is 0 Å². The van der Waals surface area contributed by atoms with Gasteiger partial charge in [-0.05, 0) is 11.6 Å². The molecule has 0 atom stereocenters. The summed E-state index contributed by atoms with van der Waals surface area (Å²) < 4.78 is 2.11. The van der Waals surface area contributed by atoms with Crippen LogP contribution in [0.2, 0.25) is 0 Å². The maximum Gasteiger partial charge on any atom is 0.227 e. The second-order valence-corrected chi connectivity index (χ2v) is 5.39. The molecular weight excluding hydrogens is 264 g/mol. The summed E-state index contributed by atoms with van der Waals surface area (Å²) in [5.74, 6) is 1.13. The smallest absolute Gasteiger partial charge is 0.227 e. The molecule has 1 aromatic carbocycles. The maximum atomic E-state index is 12.5. The number of carbonyl (C=O) groups excluding carboxylic acids is 1. The number of nitrogens with zero attached hydrogens (tertiary/aromatic N) is 3. The Kier molecular flexibility index (Phi) is 2.77. The van der Waals surface area contributed by atoms with Gasteiger partial charge in [0.15, 0.2) is 0 Å². The molecule has 3 heterocycles. The van der Waals surface area contributed by atoms with E-state index >= 15 is 0 Å². The van der Waals surface area contributed by atoms with E-state index in [-0.39, 0.29) is 5.91 Å². The number of H-pyrrole nitrogens is 1. The SMILES string of the molecule is O=C(Cc1c[nH]c2ccccc12)N1CCn2ccnc2C1.